The van der Waals surface area contributed by atoms with Gasteiger partial charge in [0.1, 0.15) is 5.76 Å². The smallest absolute Gasteiger partial charge is 0.226 e. The molecule has 0 spiro atoms. The SMILES string of the molecule is C1=CCC2=C(C=Cc3cccnc3O2)C1. The van der Waals surface area contributed by atoms with Gasteiger partial charge in [0.25, 0.3) is 0 Å². The van der Waals surface area contributed by atoms with Crippen LogP contribution in [-0.4, -0.2) is 4.98 Å². The van der Waals surface area contributed by atoms with Crippen LogP contribution in [0.2, 0.25) is 0 Å². The second kappa shape index (κ2) is 3.39. The van der Waals surface area contributed by atoms with E-state index in [2.05, 4.69) is 29.3 Å². The van der Waals surface area contributed by atoms with Gasteiger partial charge in [0.15, 0.2) is 0 Å². The molecule has 1 aliphatic heterocycles. The van der Waals surface area contributed by atoms with Crippen molar-refractivity contribution in [1.82, 2.24) is 4.98 Å². The number of fused-ring (bicyclic) bond motifs is 1. The van der Waals surface area contributed by atoms with Crippen molar-refractivity contribution in [3.8, 4) is 5.88 Å². The number of hydrogen-bond acceptors (Lipinski definition) is 2. The van der Waals surface area contributed by atoms with Gasteiger partial charge in [-0.1, -0.05) is 18.2 Å². The van der Waals surface area contributed by atoms with Crippen molar-refractivity contribution in [3.05, 3.63) is 53.5 Å². The van der Waals surface area contributed by atoms with Gasteiger partial charge in [-0.25, -0.2) is 4.98 Å². The van der Waals surface area contributed by atoms with E-state index in [4.69, 9.17) is 4.74 Å². The van der Waals surface area contributed by atoms with Gasteiger partial charge in [0, 0.05) is 18.2 Å². The van der Waals surface area contributed by atoms with E-state index in [9.17, 15) is 0 Å². The molecule has 1 aromatic rings. The van der Waals surface area contributed by atoms with Crippen molar-refractivity contribution in [2.75, 3.05) is 0 Å². The summed E-state index contributed by atoms with van der Waals surface area (Å²) < 4.78 is 5.82. The molecule has 0 N–H and O–H groups in total. The molecule has 0 bridgehead atoms. The lowest BCUT2D eigenvalue weighted by molar-refractivity contribution is 0.392. The molecule has 0 unspecified atom stereocenters. The van der Waals surface area contributed by atoms with E-state index in [1.165, 1.54) is 5.57 Å². The van der Waals surface area contributed by atoms with Crippen LogP contribution in [0, 0.1) is 0 Å². The summed E-state index contributed by atoms with van der Waals surface area (Å²) in [4.78, 5) is 4.24. The third kappa shape index (κ3) is 1.48. The van der Waals surface area contributed by atoms with Crippen LogP contribution in [0.3, 0.4) is 0 Å². The third-order valence-corrected chi connectivity index (χ3v) is 2.65. The Labute approximate surface area is 88.6 Å². The number of nitrogens with zero attached hydrogens (tertiary/aromatic N) is 1. The van der Waals surface area contributed by atoms with Crippen LogP contribution in [0.25, 0.3) is 6.08 Å². The maximum Gasteiger partial charge on any atom is 0.226 e. The van der Waals surface area contributed by atoms with E-state index in [0.29, 0.717) is 5.88 Å². The van der Waals surface area contributed by atoms with Gasteiger partial charge < -0.3 is 4.74 Å². The molecule has 0 amide bonds. The summed E-state index contributed by atoms with van der Waals surface area (Å²) >= 11 is 0. The van der Waals surface area contributed by atoms with Crippen LogP contribution in [0.15, 0.2) is 47.9 Å². The first kappa shape index (κ1) is 8.48. The van der Waals surface area contributed by atoms with Gasteiger partial charge >= 0.3 is 0 Å². The number of aromatic nitrogens is 1. The van der Waals surface area contributed by atoms with E-state index in [-0.39, 0.29) is 0 Å². The predicted molar refractivity (Wildman–Crippen MR) is 59.3 cm³/mol. The fraction of sp³-hybridized carbons (Fsp3) is 0.154. The second-order valence-corrected chi connectivity index (χ2v) is 3.66. The lowest BCUT2D eigenvalue weighted by Crippen LogP contribution is -2.01. The number of pyridine rings is 1. The van der Waals surface area contributed by atoms with Gasteiger partial charge in [-0.15, -0.1) is 0 Å². The minimum absolute atomic E-state index is 0.717. The van der Waals surface area contributed by atoms with Crippen molar-refractivity contribution >= 4 is 6.08 Å². The third-order valence-electron chi connectivity index (χ3n) is 2.65. The zero-order valence-electron chi connectivity index (χ0n) is 8.31. The van der Waals surface area contributed by atoms with Crippen molar-refractivity contribution in [2.24, 2.45) is 0 Å². The fourth-order valence-corrected chi connectivity index (χ4v) is 1.84. The molecule has 0 fully saturated rings. The summed E-state index contributed by atoms with van der Waals surface area (Å²) in [5.41, 5.74) is 2.31. The first-order chi connectivity index (χ1) is 7.43. The normalized spacial score (nSPS) is 17.9. The fourth-order valence-electron chi connectivity index (χ4n) is 1.84. The molecule has 1 aliphatic carbocycles. The molecule has 15 heavy (non-hydrogen) atoms. The molecular formula is C13H11NO. The second-order valence-electron chi connectivity index (χ2n) is 3.66. The molecule has 0 radical (unpaired) electrons. The molecule has 0 aromatic carbocycles. The van der Waals surface area contributed by atoms with Crippen molar-refractivity contribution in [3.63, 3.8) is 0 Å². The van der Waals surface area contributed by atoms with Gasteiger partial charge in [0.05, 0.1) is 0 Å². The monoisotopic (exact) mass is 197 g/mol. The summed E-state index contributed by atoms with van der Waals surface area (Å²) in [6.45, 7) is 0. The van der Waals surface area contributed by atoms with Crippen LogP contribution in [0.5, 0.6) is 5.88 Å². The summed E-state index contributed by atoms with van der Waals surface area (Å²) in [6.07, 6.45) is 12.1. The van der Waals surface area contributed by atoms with Crippen LogP contribution in [0.4, 0.5) is 0 Å². The Hall–Kier alpha value is -1.83. The van der Waals surface area contributed by atoms with E-state index in [1.54, 1.807) is 6.20 Å². The Morgan fingerprint density at radius 2 is 2.07 bits per heavy atom. The molecule has 74 valence electrons. The standard InChI is InChI=1S/C13H11NO/c1-2-6-12-10(4-1)7-8-11-5-3-9-14-13(11)15-12/h1-3,5,7-9H,4,6H2. The molecule has 0 saturated carbocycles. The highest BCUT2D eigenvalue weighted by molar-refractivity contribution is 5.60. The highest BCUT2D eigenvalue weighted by Gasteiger charge is 2.14. The van der Waals surface area contributed by atoms with Gasteiger partial charge in [0.2, 0.25) is 5.88 Å². The van der Waals surface area contributed by atoms with Crippen LogP contribution >= 0.6 is 0 Å². The molecule has 2 nitrogen and oxygen atoms in total. The minimum Gasteiger partial charge on any atom is -0.442 e. The maximum absolute atomic E-state index is 5.82. The number of rotatable bonds is 0. The van der Waals surface area contributed by atoms with E-state index in [1.807, 2.05) is 12.1 Å². The van der Waals surface area contributed by atoms with E-state index in [0.717, 1.165) is 24.2 Å². The topological polar surface area (TPSA) is 22.1 Å². The molecule has 3 rings (SSSR count). The summed E-state index contributed by atoms with van der Waals surface area (Å²) in [7, 11) is 0. The predicted octanol–water partition coefficient (Wildman–Crippen LogP) is 3.09. The first-order valence-corrected chi connectivity index (χ1v) is 5.11. The van der Waals surface area contributed by atoms with Crippen LogP contribution in [-0.2, 0) is 0 Å². The van der Waals surface area contributed by atoms with Crippen molar-refractivity contribution in [2.45, 2.75) is 12.8 Å². The Morgan fingerprint density at radius 3 is 3.07 bits per heavy atom. The van der Waals surface area contributed by atoms with Gasteiger partial charge in [-0.2, -0.15) is 0 Å². The van der Waals surface area contributed by atoms with Crippen molar-refractivity contribution < 1.29 is 4.74 Å². The lowest BCUT2D eigenvalue weighted by Gasteiger charge is -2.13. The molecule has 0 saturated heterocycles. The highest BCUT2D eigenvalue weighted by atomic mass is 16.5. The van der Waals surface area contributed by atoms with Crippen LogP contribution < -0.4 is 4.74 Å². The molecule has 2 heterocycles. The zero-order chi connectivity index (χ0) is 10.1. The number of allylic oxidation sites excluding steroid dienone is 4. The van der Waals surface area contributed by atoms with E-state index >= 15 is 0 Å². The van der Waals surface area contributed by atoms with Gasteiger partial charge in [-0.3, -0.25) is 0 Å². The Kier molecular flexibility index (Phi) is 1.91. The average molecular weight is 197 g/mol. The van der Waals surface area contributed by atoms with Gasteiger partial charge in [-0.05, 0) is 30.2 Å². The lowest BCUT2D eigenvalue weighted by atomic mass is 10.0. The summed E-state index contributed by atoms with van der Waals surface area (Å²) in [5.74, 6) is 1.75. The molecule has 0 atom stereocenters. The molecular weight excluding hydrogens is 186 g/mol. The Bertz CT molecular complexity index is 483. The zero-order valence-corrected chi connectivity index (χ0v) is 8.31. The summed E-state index contributed by atoms with van der Waals surface area (Å²) in [5, 5.41) is 0. The first-order valence-electron chi connectivity index (χ1n) is 5.11. The highest BCUT2D eigenvalue weighted by Crippen LogP contribution is 2.29. The minimum atomic E-state index is 0.717. The Morgan fingerprint density at radius 1 is 1.13 bits per heavy atom. The molecule has 1 aromatic heterocycles. The maximum atomic E-state index is 5.82. The largest absolute Gasteiger partial charge is 0.442 e. The van der Waals surface area contributed by atoms with E-state index < -0.39 is 0 Å². The number of ether oxygens (including phenoxy) is 1. The molecule has 2 heteroatoms. The quantitative estimate of drug-likeness (QED) is 0.596. The average Bonchev–Trinajstić information content (AvgIpc) is 2.48. The number of hydrogen-bond donors (Lipinski definition) is 0. The van der Waals surface area contributed by atoms with Crippen LogP contribution in [0.1, 0.15) is 18.4 Å². The summed E-state index contributed by atoms with van der Waals surface area (Å²) in [6, 6.07) is 3.94. The molecule has 2 aliphatic rings. The van der Waals surface area contributed by atoms with Crippen molar-refractivity contribution in [1.29, 1.82) is 0 Å². The Balaban J connectivity index is 2.06.